The summed E-state index contributed by atoms with van der Waals surface area (Å²) in [6.07, 6.45) is 0. The molecule has 240 valence electrons. The van der Waals surface area contributed by atoms with E-state index in [0.717, 1.165) is 32.0 Å². The van der Waals surface area contributed by atoms with Crippen LogP contribution in [0.2, 0.25) is 0 Å². The molecule has 46 heavy (non-hydrogen) atoms. The molecule has 3 aromatic carbocycles. The molecule has 4 heterocycles. The number of hydrogen-bond acceptors (Lipinski definition) is 9. The molecule has 0 bridgehead atoms. The van der Waals surface area contributed by atoms with Crippen molar-refractivity contribution in [1.29, 1.82) is 0 Å². The summed E-state index contributed by atoms with van der Waals surface area (Å²) in [5, 5.41) is 8.33. The van der Waals surface area contributed by atoms with E-state index >= 15 is 0 Å². The number of thioether (sulfide) groups is 8. The second kappa shape index (κ2) is 16.9. The van der Waals surface area contributed by atoms with Crippen molar-refractivity contribution in [3.63, 3.8) is 0 Å². The van der Waals surface area contributed by atoms with Gasteiger partial charge >= 0.3 is 0 Å². The molecule has 3 aromatic heterocycles. The van der Waals surface area contributed by atoms with Crippen LogP contribution in [0.3, 0.4) is 0 Å². The molecule has 6 aromatic rings. The van der Waals surface area contributed by atoms with Crippen molar-refractivity contribution >= 4 is 139 Å². The highest BCUT2D eigenvalue weighted by Crippen LogP contribution is 2.45. The minimum atomic E-state index is 0.402. The first-order valence-corrected chi connectivity index (χ1v) is 24.0. The molecule has 1 aliphatic rings. The summed E-state index contributed by atoms with van der Waals surface area (Å²) in [7, 11) is 0. The number of hydrogen-bond donors (Lipinski definition) is 4. The number of aromatic amines is 3. The van der Waals surface area contributed by atoms with Crippen LogP contribution in [0, 0.1) is 0 Å². The molecular weight excluding hydrogens is 739 g/mol. The van der Waals surface area contributed by atoms with Crippen LogP contribution >= 0.6 is 107 Å². The lowest BCUT2D eigenvalue weighted by molar-refractivity contribution is 1.17. The van der Waals surface area contributed by atoms with E-state index in [-0.39, 0.29) is 0 Å². The number of nitrogens with one attached hydrogen (secondary N) is 3. The lowest BCUT2D eigenvalue weighted by atomic mass is 10.2. The molecule has 1 saturated heterocycles. The van der Waals surface area contributed by atoms with Gasteiger partial charge in [0, 0.05) is 77.2 Å². The van der Waals surface area contributed by atoms with Crippen LogP contribution in [0.5, 0.6) is 0 Å². The molecule has 0 saturated carbocycles. The van der Waals surface area contributed by atoms with Gasteiger partial charge in [-0.25, -0.2) is 0 Å². The third-order valence-corrected chi connectivity index (χ3v) is 20.1. The molecule has 3 N–H and O–H groups in total. The minimum Gasteiger partial charge on any atom is -0.358 e. The van der Waals surface area contributed by atoms with Crippen LogP contribution in [0.4, 0.5) is 0 Å². The summed E-state index contributed by atoms with van der Waals surface area (Å²) >= 11 is 21.1. The van der Waals surface area contributed by atoms with E-state index in [1.54, 1.807) is 0 Å². The maximum absolute atomic E-state index is 4.70. The molecule has 1 aliphatic heterocycles. The first kappa shape index (κ1) is 33.9. The van der Waals surface area contributed by atoms with E-state index in [2.05, 4.69) is 159 Å². The summed E-state index contributed by atoms with van der Waals surface area (Å²) in [5.41, 5.74) is 7.72. The number of para-hydroxylation sites is 3. The maximum atomic E-state index is 4.70. The summed E-state index contributed by atoms with van der Waals surface area (Å²) in [4.78, 5) is 11.1. The number of H-pyrrole nitrogens is 3. The predicted octanol–water partition coefficient (Wildman–Crippen LogP) is 12.0. The summed E-state index contributed by atoms with van der Waals surface area (Å²) < 4.78 is 1.57. The van der Waals surface area contributed by atoms with Crippen LogP contribution in [0.15, 0.2) is 90.0 Å². The third kappa shape index (κ3) is 8.59. The van der Waals surface area contributed by atoms with Crippen LogP contribution < -0.4 is 0 Å². The van der Waals surface area contributed by atoms with Gasteiger partial charge in [0.1, 0.15) is 0 Å². The predicted molar refractivity (Wildman–Crippen MR) is 225 cm³/mol. The average Bonchev–Trinajstić information content (AvgIpc) is 3.76. The summed E-state index contributed by atoms with van der Waals surface area (Å²) in [5.74, 6) is 4.19. The summed E-state index contributed by atoms with van der Waals surface area (Å²) in [6, 6.07) is 30.6. The lowest BCUT2D eigenvalue weighted by Gasteiger charge is -2.25. The number of rotatable bonds is 17. The van der Waals surface area contributed by atoms with Crippen molar-refractivity contribution < 1.29 is 0 Å². The van der Waals surface area contributed by atoms with E-state index < -0.39 is 0 Å². The van der Waals surface area contributed by atoms with Gasteiger partial charge in [0.05, 0.1) is 18.8 Å². The highest BCUT2D eigenvalue weighted by atomic mass is 32.3. The monoisotopic (exact) mass is 773 g/mol. The van der Waals surface area contributed by atoms with E-state index in [4.69, 9.17) is 12.6 Å². The quantitative estimate of drug-likeness (QED) is 0.0415. The molecule has 7 rings (SSSR count). The Morgan fingerprint density at radius 2 is 1.30 bits per heavy atom. The number of aromatic nitrogens is 3. The zero-order chi connectivity index (χ0) is 31.1. The molecule has 1 fully saturated rings. The molecular formula is C34H35N3S9. The normalized spacial score (nSPS) is 15.2. The SMILES string of the molecule is SCSC(SCc1cc2ccccc2[nH]1)C(SCSc1[nH]c2ccccc2c1CSCC1SCS1)SCc1cc2ccccc2[nH]1. The molecule has 12 heteroatoms. The Hall–Kier alpha value is -0.570. The van der Waals surface area contributed by atoms with E-state index in [1.807, 2.05) is 35.3 Å². The first-order valence-electron chi connectivity index (χ1n) is 15.0. The second-order valence-corrected chi connectivity index (χ2v) is 22.0. The fraction of sp³-hybridized carbons (Fsp3) is 0.294. The van der Waals surface area contributed by atoms with Crippen LogP contribution in [-0.2, 0) is 17.3 Å². The van der Waals surface area contributed by atoms with Gasteiger partial charge in [-0.1, -0.05) is 66.4 Å². The van der Waals surface area contributed by atoms with E-state index in [1.165, 1.54) is 65.5 Å². The van der Waals surface area contributed by atoms with Gasteiger partial charge in [0.2, 0.25) is 0 Å². The average molecular weight is 774 g/mol. The van der Waals surface area contributed by atoms with E-state index in [9.17, 15) is 0 Å². The third-order valence-electron chi connectivity index (χ3n) is 7.66. The molecule has 0 radical (unpaired) electrons. The van der Waals surface area contributed by atoms with Gasteiger partial charge in [-0.2, -0.15) is 24.4 Å². The van der Waals surface area contributed by atoms with Gasteiger partial charge in [-0.3, -0.25) is 0 Å². The van der Waals surface area contributed by atoms with Gasteiger partial charge in [0.25, 0.3) is 0 Å². The molecule has 0 aliphatic carbocycles. The van der Waals surface area contributed by atoms with Gasteiger partial charge < -0.3 is 15.0 Å². The number of fused-ring (bicyclic) bond motifs is 3. The Bertz CT molecular complexity index is 1790. The van der Waals surface area contributed by atoms with Gasteiger partial charge in [0.15, 0.2) is 0 Å². The Morgan fingerprint density at radius 3 is 1.91 bits per heavy atom. The zero-order valence-corrected chi connectivity index (χ0v) is 32.4. The van der Waals surface area contributed by atoms with Crippen molar-refractivity contribution in [3.05, 3.63) is 102 Å². The van der Waals surface area contributed by atoms with Crippen molar-refractivity contribution in [1.82, 2.24) is 15.0 Å². The van der Waals surface area contributed by atoms with Crippen LogP contribution in [-0.4, -0.2) is 49.7 Å². The molecule has 0 amide bonds. The molecule has 3 nitrogen and oxygen atoms in total. The second-order valence-electron chi connectivity index (χ2n) is 10.7. The minimum absolute atomic E-state index is 0.402. The summed E-state index contributed by atoms with van der Waals surface area (Å²) in [6.45, 7) is 0. The van der Waals surface area contributed by atoms with Gasteiger partial charge in [-0.05, 0) is 41.1 Å². The number of benzene rings is 3. The maximum Gasteiger partial charge on any atom is 0.0781 e. The smallest absolute Gasteiger partial charge is 0.0781 e. The van der Waals surface area contributed by atoms with Crippen molar-refractivity contribution in [2.75, 3.05) is 21.0 Å². The van der Waals surface area contributed by atoms with Crippen molar-refractivity contribution in [2.24, 2.45) is 0 Å². The van der Waals surface area contributed by atoms with E-state index in [0.29, 0.717) is 9.16 Å². The standard InChI is InChI=1S/C34H35N3S9/c38-19-42-33(40-15-24-13-22-7-1-4-10-28(22)35-24)34(41-16-25-14-23-8-2-5-11-29(23)36-25)46-21-45-32-27(17-39-18-31-43-20-44-31)26-9-3-6-12-30(26)37-32/h1-14,31,33-38H,15-21H2. The highest BCUT2D eigenvalue weighted by Gasteiger charge is 2.25. The number of thiol groups is 1. The Morgan fingerprint density at radius 1 is 0.696 bits per heavy atom. The fourth-order valence-corrected chi connectivity index (χ4v) is 17.1. The Kier molecular flexibility index (Phi) is 12.5. The molecule has 2 unspecified atom stereocenters. The topological polar surface area (TPSA) is 47.4 Å². The van der Waals surface area contributed by atoms with Crippen LogP contribution in [0.1, 0.15) is 17.0 Å². The molecule has 0 spiro atoms. The Labute approximate surface area is 310 Å². The largest absolute Gasteiger partial charge is 0.358 e. The van der Waals surface area contributed by atoms with Crippen molar-refractivity contribution in [3.8, 4) is 0 Å². The van der Waals surface area contributed by atoms with Crippen LogP contribution in [0.25, 0.3) is 32.7 Å². The van der Waals surface area contributed by atoms with Gasteiger partial charge in [-0.15, -0.1) is 70.6 Å². The molecule has 2 atom stereocenters. The van der Waals surface area contributed by atoms with Crippen molar-refractivity contribution in [2.45, 2.75) is 36.0 Å². The Balaban J connectivity index is 1.06. The first-order chi connectivity index (χ1) is 22.7. The lowest BCUT2D eigenvalue weighted by Crippen LogP contribution is -2.15. The fourth-order valence-electron chi connectivity index (χ4n) is 5.37. The highest BCUT2D eigenvalue weighted by molar-refractivity contribution is 8.33. The zero-order valence-electron chi connectivity index (χ0n) is 25.0.